The van der Waals surface area contributed by atoms with Crippen LogP contribution in [0, 0.1) is 5.92 Å². The summed E-state index contributed by atoms with van der Waals surface area (Å²) in [6.07, 6.45) is 0. The molecule has 1 N–H and O–H groups in total. The molecule has 1 unspecified atom stereocenters. The second-order valence-corrected chi connectivity index (χ2v) is 58.8. The van der Waals surface area contributed by atoms with Crippen LogP contribution in [0.1, 0.15) is 48.5 Å². The van der Waals surface area contributed by atoms with Crippen LogP contribution in [0.25, 0.3) is 0 Å². The molecule has 1 nitrogen and oxygen atoms in total. The Kier molecular flexibility index (Phi) is 4.93. The van der Waals surface area contributed by atoms with Gasteiger partial charge in [-0.15, -0.1) is 0 Å². The molecule has 0 aromatic rings. The predicted molar refractivity (Wildman–Crippen MR) is 93.7 cm³/mol. The van der Waals surface area contributed by atoms with E-state index >= 15 is 0 Å². The first-order chi connectivity index (χ1) is 8.71. The van der Waals surface area contributed by atoms with Crippen LogP contribution in [0.4, 0.5) is 0 Å². The van der Waals surface area contributed by atoms with E-state index in [9.17, 15) is 0 Å². The monoisotopic (exact) mass is 462 g/mol. The quantitative estimate of drug-likeness (QED) is 0.562. The van der Waals surface area contributed by atoms with Crippen LogP contribution >= 0.6 is 0 Å². The minimum atomic E-state index is -3.19. The molecule has 0 aromatic heterocycles. The van der Waals surface area contributed by atoms with Crippen molar-refractivity contribution in [1.29, 1.82) is 0 Å². The fourth-order valence-corrected chi connectivity index (χ4v) is 41.5. The molecule has 0 spiro atoms. The summed E-state index contributed by atoms with van der Waals surface area (Å²) in [5.41, 5.74) is 5.00. The van der Waals surface area contributed by atoms with Crippen LogP contribution in [0.5, 0.6) is 0 Å². The van der Waals surface area contributed by atoms with Gasteiger partial charge in [0.1, 0.15) is 0 Å². The molecule has 0 amide bonds. The fraction of sp³-hybridized carbons (Fsp3) is 0.765. The third kappa shape index (κ3) is 3.00. The zero-order valence-corrected chi connectivity index (χ0v) is 20.4. The number of nitrogens with one attached hydrogen (secondary N) is 1. The van der Waals surface area contributed by atoms with Gasteiger partial charge in [-0.25, -0.2) is 0 Å². The molecule has 0 fully saturated rings. The summed E-state index contributed by atoms with van der Waals surface area (Å²) in [4.78, 5) is 0. The van der Waals surface area contributed by atoms with E-state index in [2.05, 4.69) is 74.2 Å². The van der Waals surface area contributed by atoms with E-state index in [1.807, 2.05) is 3.33 Å². The molecule has 0 aliphatic heterocycles. The minimum absolute atomic E-state index is 0.216. The maximum absolute atomic E-state index is 4.25. The topological polar surface area (TPSA) is 12.0 Å². The molecule has 0 radical (unpaired) electrons. The van der Waals surface area contributed by atoms with Gasteiger partial charge in [0.2, 0.25) is 0 Å². The summed E-state index contributed by atoms with van der Waals surface area (Å²) < 4.78 is 11.5. The second kappa shape index (κ2) is 5.31. The number of hydrogen-bond acceptors (Lipinski definition) is 1. The van der Waals surface area contributed by atoms with Gasteiger partial charge in [0.25, 0.3) is 0 Å². The van der Waals surface area contributed by atoms with E-state index in [1.165, 1.54) is 0 Å². The molecule has 0 bridgehead atoms. The van der Waals surface area contributed by atoms with Gasteiger partial charge in [-0.3, -0.25) is 0 Å². The van der Waals surface area contributed by atoms with Crippen molar-refractivity contribution in [3.63, 3.8) is 0 Å². The van der Waals surface area contributed by atoms with Crippen molar-refractivity contribution in [1.82, 2.24) is 3.30 Å². The molecule has 0 saturated heterocycles. The van der Waals surface area contributed by atoms with Crippen LogP contribution in [0.15, 0.2) is 20.0 Å². The molecule has 0 saturated carbocycles. The number of hydrogen-bond donors (Lipinski definition) is 1. The van der Waals surface area contributed by atoms with E-state index < -0.39 is 23.9 Å². The standard InChI is InChI=1S/C9H13.C4H10N.C2H7Si.2CH3.Hf/c1-6-5-7(2)9(4)8(6)3;1-4(2,3)5;1-3-2;;;/h6H,1-4H3;5H,1-3H3;3H,1-2H3;2*1H3;/q;-1;;;;+1. The molecule has 20 heavy (non-hydrogen) atoms. The molecule has 117 valence electrons. The van der Waals surface area contributed by atoms with Crippen LogP contribution in [-0.2, 0) is 18.0 Å². The molecule has 1 aliphatic carbocycles. The van der Waals surface area contributed by atoms with E-state index in [-0.39, 0.29) is 5.54 Å². The summed E-state index contributed by atoms with van der Waals surface area (Å²) in [6, 6.07) is 0. The summed E-state index contributed by atoms with van der Waals surface area (Å²) in [5, 5.41) is 0. The van der Waals surface area contributed by atoms with Gasteiger partial charge in [0.05, 0.1) is 0 Å². The van der Waals surface area contributed by atoms with E-state index in [0.29, 0.717) is 5.92 Å². The summed E-state index contributed by atoms with van der Waals surface area (Å²) in [7, 11) is 0. The predicted octanol–water partition coefficient (Wildman–Crippen LogP) is 5.32. The fourth-order valence-electron chi connectivity index (χ4n) is 4.28. The molecule has 1 rings (SSSR count). The molecule has 0 aromatic carbocycles. The van der Waals surface area contributed by atoms with Gasteiger partial charge in [-0.05, 0) is 0 Å². The van der Waals surface area contributed by atoms with Crippen molar-refractivity contribution in [3.05, 3.63) is 20.0 Å². The van der Waals surface area contributed by atoms with Crippen molar-refractivity contribution in [2.75, 3.05) is 0 Å². The van der Waals surface area contributed by atoms with Crippen molar-refractivity contribution < 1.29 is 18.0 Å². The average Bonchev–Trinajstić information content (AvgIpc) is 2.40. The Balaban J connectivity index is 3.52. The van der Waals surface area contributed by atoms with Gasteiger partial charge in [-0.2, -0.15) is 0 Å². The van der Waals surface area contributed by atoms with E-state index in [1.54, 1.807) is 16.7 Å². The first-order valence-electron chi connectivity index (χ1n) is 8.10. The summed E-state index contributed by atoms with van der Waals surface area (Å²) in [6.45, 7) is 21.7. The van der Waals surface area contributed by atoms with Crippen LogP contribution < -0.4 is 3.30 Å². The zero-order valence-electron chi connectivity index (χ0n) is 15.7. The van der Waals surface area contributed by atoms with Gasteiger partial charge in [-0.1, -0.05) is 0 Å². The second-order valence-electron chi connectivity index (χ2n) is 9.09. The third-order valence-electron chi connectivity index (χ3n) is 5.96. The van der Waals surface area contributed by atoms with E-state index in [0.717, 1.165) is 0 Å². The normalized spacial score (nSPS) is 23.6. The number of allylic oxidation sites excluding steroid dienone is 4. The first-order valence-corrected chi connectivity index (χ1v) is 28.0. The Labute approximate surface area is 129 Å². The van der Waals surface area contributed by atoms with Crippen molar-refractivity contribution in [3.8, 4) is 0 Å². The molecule has 1 aliphatic rings. The van der Waals surface area contributed by atoms with Crippen LogP contribution in [0.2, 0.25) is 22.5 Å². The molecule has 1 atom stereocenters. The molecule has 0 heterocycles. The van der Waals surface area contributed by atoms with Crippen molar-refractivity contribution in [2.45, 2.75) is 76.5 Å². The third-order valence-corrected chi connectivity index (χ3v) is 64.8. The Morgan fingerprint density at radius 3 is 1.70 bits per heavy atom. The first kappa shape index (κ1) is 18.6. The van der Waals surface area contributed by atoms with Gasteiger partial charge >= 0.3 is 130 Å². The number of rotatable bonds is 3. The summed E-state index contributed by atoms with van der Waals surface area (Å²) >= 11 is -3.19. The Morgan fingerprint density at radius 1 is 1.00 bits per heavy atom. The molecular weight excluding hydrogens is 425 g/mol. The Bertz CT molecular complexity index is 478. The van der Waals surface area contributed by atoms with Crippen molar-refractivity contribution in [2.24, 2.45) is 5.92 Å². The Hall–Kier alpha value is 0.527. The Morgan fingerprint density at radius 2 is 1.45 bits per heavy atom. The average molecular weight is 461 g/mol. The van der Waals surface area contributed by atoms with E-state index in [4.69, 9.17) is 0 Å². The van der Waals surface area contributed by atoms with Crippen LogP contribution in [-0.4, -0.2) is 11.5 Å². The van der Waals surface area contributed by atoms with Gasteiger partial charge < -0.3 is 0 Å². The zero-order chi connectivity index (χ0) is 16.1. The molecule has 3 heteroatoms. The maximum atomic E-state index is 4.25. The van der Waals surface area contributed by atoms with Crippen molar-refractivity contribution >= 4 is 5.98 Å². The summed E-state index contributed by atoms with van der Waals surface area (Å²) in [5.74, 6) is -0.119. The molecular formula is C17H36HfNSi. The SMILES string of the molecule is CC1=C(C)C(C)[C]([Hf]([CH3])([CH3])([NH]C(C)(C)C)[SiH](C)C)=C1C. The van der Waals surface area contributed by atoms with Crippen LogP contribution in [0.3, 0.4) is 0 Å². The van der Waals surface area contributed by atoms with Gasteiger partial charge in [0, 0.05) is 0 Å². The van der Waals surface area contributed by atoms with Gasteiger partial charge in [0.15, 0.2) is 0 Å².